The van der Waals surface area contributed by atoms with E-state index in [1.54, 1.807) is 0 Å². The Bertz CT molecular complexity index is 267. The van der Waals surface area contributed by atoms with Crippen molar-refractivity contribution in [3.8, 4) is 0 Å². The summed E-state index contributed by atoms with van der Waals surface area (Å²) in [5.74, 6) is 0.828. The summed E-state index contributed by atoms with van der Waals surface area (Å²) in [5, 5.41) is 7.38. The first-order valence-corrected chi connectivity index (χ1v) is 8.59. The molecule has 0 aromatic carbocycles. The smallest absolute Gasteiger partial charge is 0.220 e. The van der Waals surface area contributed by atoms with Crippen LogP contribution in [-0.4, -0.2) is 36.5 Å². The van der Waals surface area contributed by atoms with Gasteiger partial charge in [0.05, 0.1) is 0 Å². The summed E-state index contributed by atoms with van der Waals surface area (Å²) in [5.41, 5.74) is 0. The van der Waals surface area contributed by atoms with E-state index in [2.05, 4.69) is 16.9 Å². The molecular weight excluding hydrogens is 244 g/mol. The minimum atomic E-state index is 0.274. The molecule has 1 saturated heterocycles. The highest BCUT2D eigenvalue weighted by Gasteiger charge is 2.24. The molecule has 0 aromatic heterocycles. The second-order valence-corrected chi connectivity index (χ2v) is 6.84. The van der Waals surface area contributed by atoms with Crippen LogP contribution in [0.5, 0.6) is 0 Å². The molecule has 0 bridgehead atoms. The van der Waals surface area contributed by atoms with Crippen LogP contribution in [0.3, 0.4) is 0 Å². The van der Waals surface area contributed by atoms with E-state index >= 15 is 0 Å². The van der Waals surface area contributed by atoms with Crippen molar-refractivity contribution in [2.75, 3.05) is 19.3 Å². The summed E-state index contributed by atoms with van der Waals surface area (Å²) < 4.78 is 0. The molecule has 0 radical (unpaired) electrons. The molecule has 1 saturated carbocycles. The predicted octanol–water partition coefficient (Wildman–Crippen LogP) is 2.17. The van der Waals surface area contributed by atoms with Gasteiger partial charge in [-0.15, -0.1) is 0 Å². The number of carbonyl (C=O) groups excluding carboxylic acids is 1. The Balaban J connectivity index is 1.69. The van der Waals surface area contributed by atoms with Crippen molar-refractivity contribution in [3.05, 3.63) is 0 Å². The molecule has 104 valence electrons. The number of piperidine rings is 1. The molecule has 1 amide bonds. The first-order chi connectivity index (χ1) is 8.78. The first-order valence-electron chi connectivity index (χ1n) is 7.31. The molecule has 1 heterocycles. The van der Waals surface area contributed by atoms with Gasteiger partial charge in [0.15, 0.2) is 0 Å². The number of hydrogen-bond acceptors (Lipinski definition) is 3. The van der Waals surface area contributed by atoms with E-state index in [-0.39, 0.29) is 5.91 Å². The standard InChI is InChI=1S/C14H26N2OS/c1-18-13-6-2-5-12(9-13)16-14(17)8-11-4-3-7-15-10-11/h11-13,15H,2-10H2,1H3,(H,16,17). The van der Waals surface area contributed by atoms with Gasteiger partial charge in [0.1, 0.15) is 0 Å². The Morgan fingerprint density at radius 2 is 2.22 bits per heavy atom. The molecule has 3 nitrogen and oxygen atoms in total. The second kappa shape index (κ2) is 7.39. The Kier molecular flexibility index (Phi) is 5.83. The van der Waals surface area contributed by atoms with Gasteiger partial charge in [-0.3, -0.25) is 4.79 Å². The summed E-state index contributed by atoms with van der Waals surface area (Å²) >= 11 is 1.95. The lowest BCUT2D eigenvalue weighted by atomic mass is 9.93. The average molecular weight is 270 g/mol. The van der Waals surface area contributed by atoms with Crippen molar-refractivity contribution in [1.82, 2.24) is 10.6 Å². The van der Waals surface area contributed by atoms with Gasteiger partial charge in [0.2, 0.25) is 5.91 Å². The van der Waals surface area contributed by atoms with Gasteiger partial charge in [-0.25, -0.2) is 0 Å². The minimum absolute atomic E-state index is 0.274. The van der Waals surface area contributed by atoms with E-state index in [1.807, 2.05) is 11.8 Å². The Morgan fingerprint density at radius 1 is 1.33 bits per heavy atom. The summed E-state index contributed by atoms with van der Waals surface area (Å²) in [6.07, 6.45) is 10.2. The van der Waals surface area contributed by atoms with Crippen LogP contribution in [0, 0.1) is 5.92 Å². The fourth-order valence-corrected chi connectivity index (χ4v) is 3.96. The van der Waals surface area contributed by atoms with Crippen LogP contribution in [-0.2, 0) is 4.79 Å². The lowest BCUT2D eigenvalue weighted by molar-refractivity contribution is -0.123. The van der Waals surface area contributed by atoms with E-state index in [0.717, 1.165) is 24.8 Å². The molecule has 0 aromatic rings. The van der Waals surface area contributed by atoms with Crippen LogP contribution < -0.4 is 10.6 Å². The molecule has 3 unspecified atom stereocenters. The topological polar surface area (TPSA) is 41.1 Å². The van der Waals surface area contributed by atoms with Gasteiger partial charge >= 0.3 is 0 Å². The van der Waals surface area contributed by atoms with Gasteiger partial charge in [-0.2, -0.15) is 11.8 Å². The van der Waals surface area contributed by atoms with Crippen LogP contribution >= 0.6 is 11.8 Å². The molecule has 2 N–H and O–H groups in total. The zero-order valence-corrected chi connectivity index (χ0v) is 12.2. The van der Waals surface area contributed by atoms with Crippen LogP contribution in [0.15, 0.2) is 0 Å². The minimum Gasteiger partial charge on any atom is -0.353 e. The van der Waals surface area contributed by atoms with Gasteiger partial charge in [-0.05, 0) is 57.4 Å². The number of amides is 1. The molecule has 4 heteroatoms. The SMILES string of the molecule is CSC1CCCC(NC(=O)CC2CCCNC2)C1. The number of carbonyl (C=O) groups is 1. The molecule has 1 aliphatic heterocycles. The summed E-state index contributed by atoms with van der Waals surface area (Å²) in [7, 11) is 0. The van der Waals surface area contributed by atoms with Crippen LogP contribution in [0.4, 0.5) is 0 Å². The molecular formula is C14H26N2OS. The molecule has 0 spiro atoms. The lowest BCUT2D eigenvalue weighted by Gasteiger charge is -2.29. The fraction of sp³-hybridized carbons (Fsp3) is 0.929. The molecule has 2 rings (SSSR count). The van der Waals surface area contributed by atoms with Crippen LogP contribution in [0.1, 0.15) is 44.9 Å². The maximum atomic E-state index is 12.0. The average Bonchev–Trinajstić information content (AvgIpc) is 2.40. The van der Waals surface area contributed by atoms with Crippen molar-refractivity contribution in [2.24, 2.45) is 5.92 Å². The van der Waals surface area contributed by atoms with E-state index in [1.165, 1.54) is 32.1 Å². The van der Waals surface area contributed by atoms with E-state index < -0.39 is 0 Å². The Morgan fingerprint density at radius 3 is 2.94 bits per heavy atom. The van der Waals surface area contributed by atoms with Crippen molar-refractivity contribution >= 4 is 17.7 Å². The summed E-state index contributed by atoms with van der Waals surface area (Å²) in [6.45, 7) is 2.14. The molecule has 2 aliphatic rings. The van der Waals surface area contributed by atoms with Crippen molar-refractivity contribution < 1.29 is 4.79 Å². The maximum Gasteiger partial charge on any atom is 0.220 e. The number of hydrogen-bond donors (Lipinski definition) is 2. The zero-order chi connectivity index (χ0) is 12.8. The highest BCUT2D eigenvalue weighted by Crippen LogP contribution is 2.27. The zero-order valence-electron chi connectivity index (χ0n) is 11.4. The molecule has 1 aliphatic carbocycles. The fourth-order valence-electron chi connectivity index (χ4n) is 3.14. The van der Waals surface area contributed by atoms with E-state index in [9.17, 15) is 4.79 Å². The molecule has 18 heavy (non-hydrogen) atoms. The number of rotatable bonds is 4. The third kappa shape index (κ3) is 4.47. The quantitative estimate of drug-likeness (QED) is 0.822. The van der Waals surface area contributed by atoms with E-state index in [0.29, 0.717) is 18.4 Å². The maximum absolute atomic E-state index is 12.0. The number of thioether (sulfide) groups is 1. The van der Waals surface area contributed by atoms with Gasteiger partial charge in [0, 0.05) is 17.7 Å². The summed E-state index contributed by atoms with van der Waals surface area (Å²) in [6, 6.07) is 0.431. The highest BCUT2D eigenvalue weighted by molar-refractivity contribution is 7.99. The largest absolute Gasteiger partial charge is 0.353 e. The number of nitrogens with one attached hydrogen (secondary N) is 2. The van der Waals surface area contributed by atoms with Crippen molar-refractivity contribution in [2.45, 2.75) is 56.2 Å². The highest BCUT2D eigenvalue weighted by atomic mass is 32.2. The van der Waals surface area contributed by atoms with Crippen LogP contribution in [0.25, 0.3) is 0 Å². The van der Waals surface area contributed by atoms with Crippen molar-refractivity contribution in [1.29, 1.82) is 0 Å². The van der Waals surface area contributed by atoms with Gasteiger partial charge in [0.25, 0.3) is 0 Å². The molecule has 3 atom stereocenters. The van der Waals surface area contributed by atoms with Crippen molar-refractivity contribution in [3.63, 3.8) is 0 Å². The Labute approximate surface area is 115 Å². The first kappa shape index (κ1) is 14.2. The van der Waals surface area contributed by atoms with Gasteiger partial charge < -0.3 is 10.6 Å². The third-order valence-corrected chi connectivity index (χ3v) is 5.29. The van der Waals surface area contributed by atoms with Crippen LogP contribution in [0.2, 0.25) is 0 Å². The lowest BCUT2D eigenvalue weighted by Crippen LogP contribution is -2.41. The predicted molar refractivity (Wildman–Crippen MR) is 77.9 cm³/mol. The van der Waals surface area contributed by atoms with Gasteiger partial charge in [-0.1, -0.05) is 6.42 Å². The molecule has 2 fully saturated rings. The summed E-state index contributed by atoms with van der Waals surface area (Å²) in [4.78, 5) is 12.0. The third-order valence-electron chi connectivity index (χ3n) is 4.20. The van der Waals surface area contributed by atoms with E-state index in [4.69, 9.17) is 0 Å². The monoisotopic (exact) mass is 270 g/mol. The normalized spacial score (nSPS) is 33.1. The second-order valence-electron chi connectivity index (χ2n) is 5.71. The Hall–Kier alpha value is -0.220.